The molecular weight excluding hydrogens is 1160 g/mol. The molecule has 28 nitrogen and oxygen atoms in total. The molecule has 1 saturated heterocycles. The maximum absolute atomic E-state index is 13.6. The van der Waals surface area contributed by atoms with Crippen molar-refractivity contribution < 1.29 is 66.3 Å². The molecule has 3 heterocycles. The fraction of sp³-hybridized carbons (Fsp3) is 0.576. The molecule has 1 aliphatic rings. The predicted molar refractivity (Wildman–Crippen MR) is 328 cm³/mol. The first-order chi connectivity index (χ1) is 42.2. The number of aromatic amines is 1. The second-order valence-electron chi connectivity index (χ2n) is 21.3. The van der Waals surface area contributed by atoms with E-state index in [1.165, 1.54) is 32.2 Å². The zero-order valence-electron chi connectivity index (χ0n) is 51.2. The normalized spacial score (nSPS) is 14.9. The van der Waals surface area contributed by atoms with Gasteiger partial charge < -0.3 is 70.2 Å². The van der Waals surface area contributed by atoms with Crippen LogP contribution in [0, 0.1) is 20.9 Å². The molecule has 486 valence electrons. The maximum Gasteiger partial charge on any atom is 0.323 e. The summed E-state index contributed by atoms with van der Waals surface area (Å²) in [4.78, 5) is 104. The number of likely N-dealkylation sites (N-methyl/N-ethyl adjacent to an activating group) is 1. The predicted octanol–water partition coefficient (Wildman–Crippen LogP) is 0.763. The van der Waals surface area contributed by atoms with E-state index in [0.717, 1.165) is 18.7 Å². The molecule has 2 atom stereocenters. The van der Waals surface area contributed by atoms with Crippen molar-refractivity contribution in [3.63, 3.8) is 0 Å². The lowest BCUT2D eigenvalue weighted by molar-refractivity contribution is -0.139. The summed E-state index contributed by atoms with van der Waals surface area (Å²) in [5, 5.41) is 33.8. The van der Waals surface area contributed by atoms with E-state index in [9.17, 15) is 52.2 Å². The summed E-state index contributed by atoms with van der Waals surface area (Å²) in [5.74, 6) is -3.17. The molecule has 1 unspecified atom stereocenters. The number of hydrogen-bond donors (Lipinski definition) is 9. The number of carbonyl (C=O) groups is 6. The number of sulfonamides is 1. The summed E-state index contributed by atoms with van der Waals surface area (Å²) in [6.07, 6.45) is 6.73. The van der Waals surface area contributed by atoms with Crippen LogP contribution in [-0.2, 0) is 61.8 Å². The number of amides is 4. The Morgan fingerprint density at radius 3 is 1.98 bits per heavy atom. The first-order valence-electron chi connectivity index (χ1n) is 29.8. The number of imidazole rings is 1. The minimum atomic E-state index is -4.45. The van der Waals surface area contributed by atoms with Crippen LogP contribution in [0.2, 0.25) is 0 Å². The number of aryl methyl sites for hydroxylation is 3. The Labute approximate surface area is 514 Å². The largest absolute Gasteiger partial charge is 0.494 e. The van der Waals surface area contributed by atoms with Crippen LogP contribution < -0.4 is 41.5 Å². The minimum absolute atomic E-state index is 0.0436. The van der Waals surface area contributed by atoms with Crippen molar-refractivity contribution in [1.82, 2.24) is 60.1 Å². The van der Waals surface area contributed by atoms with Crippen LogP contribution in [0.25, 0.3) is 10.9 Å². The number of fused-ring (bicyclic) bond motifs is 1. The highest BCUT2D eigenvalue weighted by Gasteiger charge is 2.30. The molecule has 9 N–H and O–H groups in total. The number of carbonyl (C=O) groups excluding carboxylic acids is 4. The quantitative estimate of drug-likeness (QED) is 0.0282. The van der Waals surface area contributed by atoms with Crippen molar-refractivity contribution in [2.45, 2.75) is 83.3 Å². The Kier molecular flexibility index (Phi) is 30.7. The van der Waals surface area contributed by atoms with Crippen LogP contribution >= 0.6 is 0 Å². The van der Waals surface area contributed by atoms with Gasteiger partial charge in [-0.3, -0.25) is 48.3 Å². The number of H-pyrrole nitrogens is 1. The number of benzene rings is 2. The Hall–Kier alpha value is -7.09. The van der Waals surface area contributed by atoms with Crippen LogP contribution in [0.5, 0.6) is 5.75 Å². The smallest absolute Gasteiger partial charge is 0.323 e. The average molecular weight is 1250 g/mol. The van der Waals surface area contributed by atoms with Crippen molar-refractivity contribution in [3.05, 3.63) is 88.4 Å². The van der Waals surface area contributed by atoms with Gasteiger partial charge in [0.2, 0.25) is 33.2 Å². The van der Waals surface area contributed by atoms with Gasteiger partial charge in [-0.1, -0.05) is 19.9 Å². The first kappa shape index (κ1) is 71.7. The van der Waals surface area contributed by atoms with E-state index < -0.39 is 51.9 Å². The summed E-state index contributed by atoms with van der Waals surface area (Å²) >= 11 is 0. The highest BCUT2D eigenvalue weighted by molar-refractivity contribution is 7.89. The third kappa shape index (κ3) is 24.8. The van der Waals surface area contributed by atoms with E-state index in [4.69, 9.17) is 26.0 Å². The van der Waals surface area contributed by atoms with E-state index in [1.54, 1.807) is 47.1 Å². The van der Waals surface area contributed by atoms with Crippen molar-refractivity contribution in [2.24, 2.45) is 7.05 Å². The van der Waals surface area contributed by atoms with E-state index in [-0.39, 0.29) is 70.8 Å². The Balaban J connectivity index is 0.882. The van der Waals surface area contributed by atoms with Gasteiger partial charge in [0.05, 0.1) is 56.5 Å². The molecule has 2 radical (unpaired) electrons. The third-order valence-corrected chi connectivity index (χ3v) is 16.2. The Bertz CT molecular complexity index is 3040. The number of nitrogens with one attached hydrogen (secondary N) is 7. The monoisotopic (exact) mass is 1250 g/mol. The molecule has 0 spiro atoms. The SMILES string of the molecule is [CH]N1CCN(CC)CCN(CC(=O)O)CCN(CC(=O)N[C@H](CC)C(=O)NCCCOCCOCCOCCCNC(=O)CCCOc2cc(C)c(S(=O)(=O)NC(CNC(=O)c3cn(C)c4cc(CNc5ncc[nH]5)ccc4c3=O)C(=O)O)c(C)c2)CC1. The van der Waals surface area contributed by atoms with Gasteiger partial charge in [0.25, 0.3) is 5.91 Å². The highest BCUT2D eigenvalue weighted by atomic mass is 32.2. The van der Waals surface area contributed by atoms with Crippen LogP contribution in [0.1, 0.15) is 73.0 Å². The lowest BCUT2D eigenvalue weighted by Crippen LogP contribution is -2.51. The molecule has 0 aliphatic carbocycles. The first-order valence-corrected chi connectivity index (χ1v) is 31.2. The summed E-state index contributed by atoms with van der Waals surface area (Å²) in [6.45, 7) is 15.3. The fourth-order valence-corrected chi connectivity index (χ4v) is 11.3. The highest BCUT2D eigenvalue weighted by Crippen LogP contribution is 2.26. The second kappa shape index (κ2) is 37.7. The van der Waals surface area contributed by atoms with E-state index in [0.29, 0.717) is 148 Å². The standard InChI is InChI=1S/C59H89N13O15S/c1-7-48(66-52(74)40-71-22-20-68(5)19-21-70(8-2)23-24-72(26-25-71)41-53(75)76)57(79)61-16-11-28-85-31-33-86-32-30-84-27-10-15-60-51(73)12-9-29-87-45-34-42(3)55(43(4)35-45)88(82,83)67-49(58(80)81)38-64-56(78)47-39-69(6)50-36-44(13-14-46(50)54(47)77)37-65-59-62-17-18-63-59/h5,13-14,17-18,34-36,39,48-49,67H,7-12,15-16,19-33,37-38,40-41H2,1-4,6H3,(H,60,73)(H,61,79)(H,64,78)(H,66,74)(H,75,76)(H,80,81)(H2,62,63,65)/t48-,49?/m1/s1. The van der Waals surface area contributed by atoms with E-state index in [1.807, 2.05) is 16.7 Å². The van der Waals surface area contributed by atoms with Crippen LogP contribution in [0.15, 0.2) is 58.6 Å². The third-order valence-electron chi connectivity index (χ3n) is 14.4. The zero-order chi connectivity index (χ0) is 64.0. The fourth-order valence-electron chi connectivity index (χ4n) is 9.62. The molecule has 0 saturated carbocycles. The average Bonchev–Trinajstić information content (AvgIpc) is 2.24. The van der Waals surface area contributed by atoms with Gasteiger partial charge in [0.1, 0.15) is 23.4 Å². The lowest BCUT2D eigenvalue weighted by atomic mass is 10.1. The van der Waals surface area contributed by atoms with Crippen molar-refractivity contribution >= 4 is 62.4 Å². The number of carboxylic acid groups (broad SMARTS) is 2. The number of carboxylic acids is 2. The molecule has 1 fully saturated rings. The molecular formula is C59H89N13O15S. The van der Waals surface area contributed by atoms with Gasteiger partial charge >= 0.3 is 11.9 Å². The van der Waals surface area contributed by atoms with Gasteiger partial charge in [-0.2, -0.15) is 4.72 Å². The lowest BCUT2D eigenvalue weighted by Gasteiger charge is -2.32. The summed E-state index contributed by atoms with van der Waals surface area (Å²) < 4.78 is 53.7. The molecule has 5 rings (SSSR count). The molecule has 4 aromatic rings. The maximum atomic E-state index is 13.6. The van der Waals surface area contributed by atoms with Gasteiger partial charge in [-0.05, 0) is 87.0 Å². The number of aromatic nitrogens is 3. The molecule has 2 aromatic heterocycles. The Morgan fingerprint density at radius 2 is 1.36 bits per heavy atom. The van der Waals surface area contributed by atoms with Gasteiger partial charge in [0.15, 0.2) is 5.95 Å². The van der Waals surface area contributed by atoms with Gasteiger partial charge in [-0.15, -0.1) is 0 Å². The summed E-state index contributed by atoms with van der Waals surface area (Å²) in [5.41, 5.74) is 1.12. The number of pyridine rings is 1. The number of rotatable bonds is 37. The molecule has 29 heteroatoms. The Morgan fingerprint density at radius 1 is 0.750 bits per heavy atom. The topological polar surface area (TPSA) is 350 Å². The summed E-state index contributed by atoms with van der Waals surface area (Å²) in [7, 11) is 3.45. The number of ether oxygens (including phenoxy) is 4. The molecule has 0 bridgehead atoms. The number of hydrogen-bond acceptors (Lipinski definition) is 19. The van der Waals surface area contributed by atoms with Crippen molar-refractivity contribution in [3.8, 4) is 5.75 Å². The van der Waals surface area contributed by atoms with E-state index in [2.05, 4.69) is 53.1 Å². The molecule has 2 aromatic carbocycles. The molecule has 4 amide bonds. The van der Waals surface area contributed by atoms with Gasteiger partial charge in [-0.25, -0.2) is 13.4 Å². The minimum Gasteiger partial charge on any atom is -0.494 e. The van der Waals surface area contributed by atoms with Crippen molar-refractivity contribution in [1.29, 1.82) is 0 Å². The van der Waals surface area contributed by atoms with Crippen LogP contribution in [0.3, 0.4) is 0 Å². The van der Waals surface area contributed by atoms with E-state index >= 15 is 0 Å². The molecule has 88 heavy (non-hydrogen) atoms. The zero-order valence-corrected chi connectivity index (χ0v) is 52.1. The number of aliphatic carboxylic acids is 2. The number of anilines is 1. The summed E-state index contributed by atoms with van der Waals surface area (Å²) in [6, 6.07) is 5.62. The second-order valence-corrected chi connectivity index (χ2v) is 23.0. The number of nitrogens with zero attached hydrogens (tertiary/aromatic N) is 6. The molecule has 1 aliphatic heterocycles. The van der Waals surface area contributed by atoms with Crippen LogP contribution in [0.4, 0.5) is 5.95 Å². The van der Waals surface area contributed by atoms with Crippen LogP contribution in [-0.4, -0.2) is 238 Å². The van der Waals surface area contributed by atoms with Crippen molar-refractivity contribution in [2.75, 3.05) is 143 Å². The van der Waals surface area contributed by atoms with Gasteiger partial charge in [0, 0.05) is 136 Å².